The number of nitrogens with one attached hydrogen (secondary N) is 1. The number of amides is 1. The number of benzene rings is 2. The monoisotopic (exact) mass is 720 g/mol. The van der Waals surface area contributed by atoms with Crippen LogP contribution in [0.1, 0.15) is 92.0 Å². The number of aromatic amines is 1. The van der Waals surface area contributed by atoms with Crippen LogP contribution in [0.5, 0.6) is 0 Å². The van der Waals surface area contributed by atoms with E-state index in [1.54, 1.807) is 12.1 Å². The molecule has 2 aromatic carbocycles. The van der Waals surface area contributed by atoms with Crippen LogP contribution < -0.4 is 4.90 Å². The molecule has 2 saturated heterocycles. The Bertz CT molecular complexity index is 1920. The van der Waals surface area contributed by atoms with E-state index in [0.717, 1.165) is 66.0 Å². The summed E-state index contributed by atoms with van der Waals surface area (Å²) in [5.41, 5.74) is 8.14. The molecule has 12 heteroatoms. The van der Waals surface area contributed by atoms with Crippen molar-refractivity contribution in [3.63, 3.8) is 0 Å². The second-order valence-electron chi connectivity index (χ2n) is 14.8. The molecule has 2 aliphatic heterocycles. The van der Waals surface area contributed by atoms with Crippen LogP contribution in [0.2, 0.25) is 0 Å². The standard InChI is InChI=1S/C38H46N4O3.C2HF3O2/c1-7-41(29-14-10-27(11-15-29)36(43)44)21-25(4)34-31-19-33(38(5,6)37(45)42-22-26-8-12-30(42)13-9-26)39-20-32(31)40-35(34)28-17-23(2)16-24(3)18-28;3-2(4,5)1(6)7/h10-11,14-20,25-26,30,40H,7-9,12-13,21-22H2,1-6H3,(H,43,44);(H,6,7)/t25-,26?,30?;/m1./s1. The summed E-state index contributed by atoms with van der Waals surface area (Å²) < 4.78 is 31.7. The zero-order valence-electron chi connectivity index (χ0n) is 30.5. The van der Waals surface area contributed by atoms with Gasteiger partial charge in [-0.2, -0.15) is 13.2 Å². The molecule has 3 fully saturated rings. The summed E-state index contributed by atoms with van der Waals surface area (Å²) >= 11 is 0. The Morgan fingerprint density at radius 2 is 1.58 bits per heavy atom. The highest BCUT2D eigenvalue weighted by Crippen LogP contribution is 2.41. The largest absolute Gasteiger partial charge is 0.490 e. The van der Waals surface area contributed by atoms with Crippen molar-refractivity contribution in [2.75, 3.05) is 24.5 Å². The molecule has 1 amide bonds. The van der Waals surface area contributed by atoms with Crippen LogP contribution >= 0.6 is 0 Å². The Hall–Kier alpha value is -4.87. The maximum atomic E-state index is 14.1. The molecule has 7 rings (SSSR count). The number of hydrogen-bond donors (Lipinski definition) is 3. The molecule has 4 aromatic rings. The maximum Gasteiger partial charge on any atom is 0.490 e. The Labute approximate surface area is 301 Å². The van der Waals surface area contributed by atoms with Crippen LogP contribution in [0.25, 0.3) is 22.2 Å². The average molecular weight is 721 g/mol. The first-order chi connectivity index (χ1) is 24.4. The van der Waals surface area contributed by atoms with E-state index in [1.807, 2.05) is 32.2 Å². The van der Waals surface area contributed by atoms with Crippen molar-refractivity contribution in [2.45, 2.75) is 90.8 Å². The van der Waals surface area contributed by atoms with Gasteiger partial charge in [0, 0.05) is 42.7 Å². The molecule has 2 aromatic heterocycles. The number of anilines is 1. The van der Waals surface area contributed by atoms with Crippen molar-refractivity contribution < 1.29 is 37.8 Å². The molecule has 0 radical (unpaired) electrons. The minimum absolute atomic E-state index is 0.112. The van der Waals surface area contributed by atoms with E-state index in [9.17, 15) is 27.9 Å². The number of pyridine rings is 1. The molecule has 1 atom stereocenters. The number of aryl methyl sites for hydroxylation is 2. The van der Waals surface area contributed by atoms with Crippen LogP contribution in [-0.4, -0.2) is 74.8 Å². The lowest BCUT2D eigenvalue weighted by atomic mass is 9.77. The van der Waals surface area contributed by atoms with E-state index >= 15 is 0 Å². The van der Waals surface area contributed by atoms with Crippen molar-refractivity contribution >= 4 is 34.4 Å². The van der Waals surface area contributed by atoms with Gasteiger partial charge in [0.1, 0.15) is 0 Å². The summed E-state index contributed by atoms with van der Waals surface area (Å²) in [7, 11) is 0. The lowest BCUT2D eigenvalue weighted by molar-refractivity contribution is -0.192. The number of carbonyl (C=O) groups is 3. The van der Waals surface area contributed by atoms with Crippen LogP contribution in [0.15, 0.2) is 54.7 Å². The molecule has 9 nitrogen and oxygen atoms in total. The summed E-state index contributed by atoms with van der Waals surface area (Å²) in [6.07, 6.45) is 1.54. The Morgan fingerprint density at radius 3 is 2.08 bits per heavy atom. The van der Waals surface area contributed by atoms with E-state index in [-0.39, 0.29) is 17.4 Å². The SMILES string of the molecule is CCN(C[C@@H](C)c1c(-c2cc(C)cc(C)c2)[nH]c2cnc(C(C)(C)C(=O)N3CC4CCC3CC4)cc12)c1ccc(C(=O)O)cc1.O=C(O)C(F)(F)F. The van der Waals surface area contributed by atoms with Gasteiger partial charge in [-0.3, -0.25) is 9.78 Å². The van der Waals surface area contributed by atoms with E-state index in [2.05, 4.69) is 66.7 Å². The summed E-state index contributed by atoms with van der Waals surface area (Å²) in [4.78, 5) is 47.5. The first kappa shape index (κ1) is 38.4. The van der Waals surface area contributed by atoms with Gasteiger partial charge in [-0.15, -0.1) is 0 Å². The number of alkyl halides is 3. The Morgan fingerprint density at radius 1 is 0.981 bits per heavy atom. The fourth-order valence-electron chi connectivity index (χ4n) is 7.75. The van der Waals surface area contributed by atoms with Gasteiger partial charge in [0.25, 0.3) is 0 Å². The third-order valence-electron chi connectivity index (χ3n) is 10.5. The summed E-state index contributed by atoms with van der Waals surface area (Å²) in [6.45, 7) is 15.1. The number of hydrogen-bond acceptors (Lipinski definition) is 5. The molecule has 52 heavy (non-hydrogen) atoms. The molecule has 1 aliphatic carbocycles. The van der Waals surface area contributed by atoms with Crippen molar-refractivity contribution in [1.82, 2.24) is 14.9 Å². The smallest absolute Gasteiger partial charge is 0.478 e. The van der Waals surface area contributed by atoms with Gasteiger partial charge in [0.05, 0.1) is 34.1 Å². The van der Waals surface area contributed by atoms with Crippen molar-refractivity contribution in [1.29, 1.82) is 0 Å². The van der Waals surface area contributed by atoms with E-state index in [4.69, 9.17) is 14.9 Å². The normalized spacial score (nSPS) is 17.8. The molecule has 0 spiro atoms. The number of carboxylic acid groups (broad SMARTS) is 2. The number of piperidine rings is 2. The van der Waals surface area contributed by atoms with Gasteiger partial charge < -0.3 is 25.0 Å². The highest BCUT2D eigenvalue weighted by molar-refractivity contribution is 5.94. The van der Waals surface area contributed by atoms with Gasteiger partial charge in [-0.1, -0.05) is 24.1 Å². The number of halogens is 3. The van der Waals surface area contributed by atoms with Crippen LogP contribution in [0.3, 0.4) is 0 Å². The van der Waals surface area contributed by atoms with Crippen LogP contribution in [0.4, 0.5) is 18.9 Å². The Kier molecular flexibility index (Phi) is 11.1. The van der Waals surface area contributed by atoms with Gasteiger partial charge in [-0.05, 0) is 120 Å². The van der Waals surface area contributed by atoms with Crippen LogP contribution in [0, 0.1) is 19.8 Å². The number of aromatic nitrogens is 2. The first-order valence-corrected chi connectivity index (χ1v) is 17.7. The second-order valence-corrected chi connectivity index (χ2v) is 14.8. The number of carboxylic acids is 2. The molecule has 278 valence electrons. The van der Waals surface area contributed by atoms with E-state index in [0.29, 0.717) is 12.0 Å². The molecule has 1 saturated carbocycles. The summed E-state index contributed by atoms with van der Waals surface area (Å²) in [6, 6.07) is 16.3. The minimum atomic E-state index is -5.08. The van der Waals surface area contributed by atoms with Crippen molar-refractivity contribution in [3.05, 3.63) is 82.7 Å². The molecule has 2 bridgehead atoms. The molecular formula is C40H47F3N4O5. The van der Waals surface area contributed by atoms with Gasteiger partial charge in [-0.25, -0.2) is 9.59 Å². The first-order valence-electron chi connectivity index (χ1n) is 17.7. The molecule has 4 heterocycles. The molecule has 3 N–H and O–H groups in total. The van der Waals surface area contributed by atoms with E-state index in [1.165, 1.54) is 29.5 Å². The molecule has 3 aliphatic rings. The number of aliphatic carboxylic acids is 1. The third-order valence-corrected chi connectivity index (χ3v) is 10.5. The predicted molar refractivity (Wildman–Crippen MR) is 195 cm³/mol. The topological polar surface area (TPSA) is 127 Å². The highest BCUT2D eigenvalue weighted by atomic mass is 19.4. The fourth-order valence-corrected chi connectivity index (χ4v) is 7.75. The number of H-pyrrole nitrogens is 1. The number of fused-ring (bicyclic) bond motifs is 4. The number of nitrogens with zero attached hydrogens (tertiary/aromatic N) is 3. The average Bonchev–Trinajstić information content (AvgIpc) is 3.49. The zero-order chi connectivity index (χ0) is 38.1. The number of aromatic carboxylic acids is 1. The van der Waals surface area contributed by atoms with Gasteiger partial charge in [0.2, 0.25) is 5.91 Å². The second kappa shape index (κ2) is 15.0. The fraction of sp³-hybridized carbons (Fsp3) is 0.450. The van der Waals surface area contributed by atoms with Crippen molar-refractivity contribution in [3.8, 4) is 11.3 Å². The lowest BCUT2D eigenvalue weighted by Crippen LogP contribution is -2.55. The quantitative estimate of drug-likeness (QED) is 0.158. The summed E-state index contributed by atoms with van der Waals surface area (Å²) in [5, 5.41) is 17.6. The van der Waals surface area contributed by atoms with Gasteiger partial charge in [0.15, 0.2) is 0 Å². The van der Waals surface area contributed by atoms with Crippen molar-refractivity contribution in [2.24, 2.45) is 5.92 Å². The minimum Gasteiger partial charge on any atom is -0.478 e. The van der Waals surface area contributed by atoms with E-state index < -0.39 is 23.5 Å². The molecular weight excluding hydrogens is 673 g/mol. The number of carbonyl (C=O) groups excluding carboxylic acids is 1. The highest BCUT2D eigenvalue weighted by Gasteiger charge is 2.43. The maximum absolute atomic E-state index is 14.1. The predicted octanol–water partition coefficient (Wildman–Crippen LogP) is 8.49. The number of rotatable bonds is 9. The zero-order valence-corrected chi connectivity index (χ0v) is 30.5. The van der Waals surface area contributed by atoms with Gasteiger partial charge >= 0.3 is 18.1 Å². The van der Waals surface area contributed by atoms with Crippen LogP contribution in [-0.2, 0) is 15.0 Å². The lowest BCUT2D eigenvalue weighted by Gasteiger charge is -2.47. The third kappa shape index (κ3) is 8.11. The number of likely N-dealkylation sites (N-methyl/N-ethyl adjacent to an activating group) is 1. The summed E-state index contributed by atoms with van der Waals surface area (Å²) in [5.74, 6) is -2.75. The Balaban J connectivity index is 0.000000679. The molecule has 0 unspecified atom stereocenters.